The first-order valence-electron chi connectivity index (χ1n) is 5.32. The summed E-state index contributed by atoms with van der Waals surface area (Å²) >= 11 is 0. The molecule has 1 nitrogen and oxygen atoms in total. The van der Waals surface area contributed by atoms with Crippen molar-refractivity contribution in [2.45, 2.75) is 25.4 Å². The van der Waals surface area contributed by atoms with Crippen LogP contribution in [0.3, 0.4) is 0 Å². The molecule has 1 aromatic rings. The van der Waals surface area contributed by atoms with Crippen molar-refractivity contribution in [3.05, 3.63) is 54.1 Å². The summed E-state index contributed by atoms with van der Waals surface area (Å²) in [7, 11) is 0. The molecule has 1 aliphatic rings. The van der Waals surface area contributed by atoms with E-state index >= 15 is 0 Å². The number of hydrogen-bond donors (Lipinski definition) is 1. The minimum atomic E-state index is -0.590. The molecule has 0 aromatic heterocycles. The normalized spacial score (nSPS) is 25.9. The molecule has 0 saturated carbocycles. The molecule has 1 aromatic carbocycles. The van der Waals surface area contributed by atoms with E-state index in [1.165, 1.54) is 11.1 Å². The minimum absolute atomic E-state index is 0.590. The number of hydrogen-bond acceptors (Lipinski definition) is 1. The highest BCUT2D eigenvalue weighted by Crippen LogP contribution is 2.25. The van der Waals surface area contributed by atoms with Gasteiger partial charge in [0.15, 0.2) is 0 Å². The smallest absolute Gasteiger partial charge is 0.0688 e. The molecule has 0 fully saturated rings. The van der Waals surface area contributed by atoms with Crippen LogP contribution in [0.4, 0.5) is 0 Å². The number of allylic oxidation sites excluding steroid dienone is 2. The molecule has 0 amide bonds. The van der Waals surface area contributed by atoms with Crippen LogP contribution in [0.1, 0.15) is 25.3 Å². The van der Waals surface area contributed by atoms with E-state index in [-0.39, 0.29) is 0 Å². The minimum Gasteiger partial charge on any atom is -0.390 e. The van der Waals surface area contributed by atoms with Crippen LogP contribution in [-0.2, 0) is 0 Å². The molecule has 0 heterocycles. The molecule has 0 spiro atoms. The van der Waals surface area contributed by atoms with E-state index < -0.39 is 5.60 Å². The quantitative estimate of drug-likeness (QED) is 0.738. The van der Waals surface area contributed by atoms with Gasteiger partial charge < -0.3 is 5.11 Å². The summed E-state index contributed by atoms with van der Waals surface area (Å²) in [6.07, 6.45) is 7.69. The Morgan fingerprint density at radius 1 is 1.13 bits per heavy atom. The molecule has 0 bridgehead atoms. The summed E-state index contributed by atoms with van der Waals surface area (Å²) in [5.41, 5.74) is 1.83. The van der Waals surface area contributed by atoms with Crippen LogP contribution in [0.5, 0.6) is 0 Å². The number of benzene rings is 1. The van der Waals surface area contributed by atoms with Crippen LogP contribution in [0, 0.1) is 0 Å². The van der Waals surface area contributed by atoms with Gasteiger partial charge in [-0.15, -0.1) is 0 Å². The van der Waals surface area contributed by atoms with Gasteiger partial charge in [-0.2, -0.15) is 0 Å². The standard InChI is InChI=1S/C14H16O/c1-14(15)10-5-8-13(9-11-14)12-6-3-2-4-7-12/h2-9,15H,10-11H2,1H3. The van der Waals surface area contributed by atoms with Crippen LogP contribution in [-0.4, -0.2) is 10.7 Å². The predicted molar refractivity (Wildman–Crippen MR) is 63.4 cm³/mol. The van der Waals surface area contributed by atoms with Crippen LogP contribution in [0.15, 0.2) is 48.6 Å². The Hall–Kier alpha value is -1.34. The molecule has 0 saturated heterocycles. The zero-order valence-electron chi connectivity index (χ0n) is 8.98. The van der Waals surface area contributed by atoms with E-state index in [0.717, 1.165) is 6.42 Å². The van der Waals surface area contributed by atoms with E-state index in [4.69, 9.17) is 0 Å². The second-order valence-corrected chi connectivity index (χ2v) is 4.33. The molecule has 2 rings (SSSR count). The van der Waals surface area contributed by atoms with Crippen molar-refractivity contribution in [3.8, 4) is 0 Å². The zero-order chi connectivity index (χ0) is 10.7. The average molecular weight is 200 g/mol. The van der Waals surface area contributed by atoms with Gasteiger partial charge in [0.1, 0.15) is 0 Å². The third-order valence-corrected chi connectivity index (χ3v) is 2.72. The van der Waals surface area contributed by atoms with Crippen molar-refractivity contribution in [1.82, 2.24) is 0 Å². The molecule has 1 atom stereocenters. The van der Waals surface area contributed by atoms with Gasteiger partial charge in [-0.05, 0) is 30.9 Å². The fraction of sp³-hybridized carbons (Fsp3) is 0.286. The fourth-order valence-corrected chi connectivity index (χ4v) is 1.77. The monoisotopic (exact) mass is 200 g/mol. The summed E-state index contributed by atoms with van der Waals surface area (Å²) in [4.78, 5) is 0. The lowest BCUT2D eigenvalue weighted by Gasteiger charge is -2.17. The molecule has 1 heteroatoms. The number of aliphatic hydroxyl groups is 1. The lowest BCUT2D eigenvalue weighted by Crippen LogP contribution is -2.21. The first kappa shape index (κ1) is 10.2. The topological polar surface area (TPSA) is 20.2 Å². The molecule has 15 heavy (non-hydrogen) atoms. The Labute approximate surface area is 90.8 Å². The molecule has 1 N–H and O–H groups in total. The van der Waals surface area contributed by atoms with E-state index in [9.17, 15) is 5.11 Å². The average Bonchev–Trinajstić information content (AvgIpc) is 2.41. The summed E-state index contributed by atoms with van der Waals surface area (Å²) < 4.78 is 0. The molecule has 1 unspecified atom stereocenters. The van der Waals surface area contributed by atoms with Gasteiger partial charge >= 0.3 is 0 Å². The Bertz CT molecular complexity index is 385. The first-order chi connectivity index (χ1) is 7.17. The second-order valence-electron chi connectivity index (χ2n) is 4.33. The maximum Gasteiger partial charge on any atom is 0.0688 e. The summed E-state index contributed by atoms with van der Waals surface area (Å²) in [5, 5.41) is 9.92. The largest absolute Gasteiger partial charge is 0.390 e. The van der Waals surface area contributed by atoms with Gasteiger partial charge in [0.25, 0.3) is 0 Å². The molecular weight excluding hydrogens is 184 g/mol. The van der Waals surface area contributed by atoms with Gasteiger partial charge in [-0.3, -0.25) is 0 Å². The molecule has 0 aliphatic heterocycles. The van der Waals surface area contributed by atoms with Crippen LogP contribution in [0.2, 0.25) is 0 Å². The maximum absolute atomic E-state index is 9.92. The van der Waals surface area contributed by atoms with E-state index in [2.05, 4.69) is 24.3 Å². The Morgan fingerprint density at radius 2 is 1.87 bits per heavy atom. The molecule has 0 radical (unpaired) electrons. The summed E-state index contributed by atoms with van der Waals surface area (Å²) in [5.74, 6) is 0. The highest BCUT2D eigenvalue weighted by molar-refractivity contribution is 5.74. The highest BCUT2D eigenvalue weighted by Gasteiger charge is 2.18. The Balaban J connectivity index is 2.28. The Morgan fingerprint density at radius 3 is 2.60 bits per heavy atom. The molecule has 78 valence electrons. The predicted octanol–water partition coefficient (Wildman–Crippen LogP) is 3.17. The highest BCUT2D eigenvalue weighted by atomic mass is 16.3. The summed E-state index contributed by atoms with van der Waals surface area (Å²) in [6, 6.07) is 10.3. The van der Waals surface area contributed by atoms with Gasteiger partial charge in [0.2, 0.25) is 0 Å². The number of rotatable bonds is 1. The van der Waals surface area contributed by atoms with Crippen molar-refractivity contribution >= 4 is 5.57 Å². The molecular formula is C14H16O. The van der Waals surface area contributed by atoms with E-state index in [1.54, 1.807) is 0 Å². The van der Waals surface area contributed by atoms with Gasteiger partial charge in [0, 0.05) is 0 Å². The van der Waals surface area contributed by atoms with E-state index in [1.807, 2.05) is 31.2 Å². The third kappa shape index (κ3) is 2.57. The van der Waals surface area contributed by atoms with Crippen LogP contribution < -0.4 is 0 Å². The maximum atomic E-state index is 9.92. The van der Waals surface area contributed by atoms with Crippen molar-refractivity contribution < 1.29 is 5.11 Å². The van der Waals surface area contributed by atoms with Crippen molar-refractivity contribution in [1.29, 1.82) is 0 Å². The fourth-order valence-electron chi connectivity index (χ4n) is 1.77. The van der Waals surface area contributed by atoms with Crippen molar-refractivity contribution in [2.24, 2.45) is 0 Å². The van der Waals surface area contributed by atoms with Crippen LogP contribution >= 0.6 is 0 Å². The van der Waals surface area contributed by atoms with Crippen molar-refractivity contribution in [2.75, 3.05) is 0 Å². The summed E-state index contributed by atoms with van der Waals surface area (Å²) in [6.45, 7) is 1.88. The lowest BCUT2D eigenvalue weighted by atomic mass is 9.98. The van der Waals surface area contributed by atoms with E-state index in [0.29, 0.717) is 6.42 Å². The SMILES string of the molecule is CC1(O)CC=CC(c2ccccc2)=CC1. The van der Waals surface area contributed by atoms with Gasteiger partial charge in [-0.25, -0.2) is 0 Å². The zero-order valence-corrected chi connectivity index (χ0v) is 8.98. The first-order valence-corrected chi connectivity index (χ1v) is 5.32. The van der Waals surface area contributed by atoms with Crippen LogP contribution in [0.25, 0.3) is 5.57 Å². The van der Waals surface area contributed by atoms with Gasteiger partial charge in [-0.1, -0.05) is 48.6 Å². The van der Waals surface area contributed by atoms with Gasteiger partial charge in [0.05, 0.1) is 5.60 Å². The van der Waals surface area contributed by atoms with Crippen molar-refractivity contribution in [3.63, 3.8) is 0 Å². The third-order valence-electron chi connectivity index (χ3n) is 2.72. The molecule has 1 aliphatic carbocycles. The Kier molecular flexibility index (Phi) is 2.74. The lowest BCUT2D eigenvalue weighted by molar-refractivity contribution is 0.0671. The second kappa shape index (κ2) is 4.03.